The largest absolute Gasteiger partial charge is 0.469 e. The highest BCUT2D eigenvalue weighted by atomic mass is 35.5. The molecule has 0 saturated carbocycles. The van der Waals surface area contributed by atoms with Gasteiger partial charge >= 0.3 is 11.9 Å². The molecule has 10 heteroatoms. The van der Waals surface area contributed by atoms with Crippen LogP contribution in [0.3, 0.4) is 0 Å². The number of aromatic nitrogens is 2. The lowest BCUT2D eigenvalue weighted by atomic mass is 10.1. The third-order valence-electron chi connectivity index (χ3n) is 6.21. The van der Waals surface area contributed by atoms with Gasteiger partial charge < -0.3 is 19.3 Å². The van der Waals surface area contributed by atoms with Crippen LogP contribution in [0.4, 0.5) is 5.69 Å². The number of amides is 1. The smallest absolute Gasteiger partial charge is 0.358 e. The summed E-state index contributed by atoms with van der Waals surface area (Å²) in [5.74, 6) is -0.909. The molecule has 0 aliphatic carbocycles. The molecule has 2 aromatic carbocycles. The Labute approximate surface area is 220 Å². The Bertz CT molecular complexity index is 1270. The standard InChI is InChI=1S/C27H29ClN4O5/c1-3-37-27(35)22-18-24(32(29-22)23-7-5-4-6-21(23)28)19-8-10-20(11-9-19)30-14-16-31(17-15-30)25(33)12-13-26(34)36-2/h4-11,18H,3,12-17H2,1-2H3. The maximum atomic E-state index is 12.4. The van der Waals surface area contributed by atoms with Gasteiger partial charge in [-0.05, 0) is 37.3 Å². The molecular formula is C27H29ClN4O5. The van der Waals surface area contributed by atoms with Crippen LogP contribution in [0.5, 0.6) is 0 Å². The molecule has 0 bridgehead atoms. The molecular weight excluding hydrogens is 496 g/mol. The molecule has 1 fully saturated rings. The molecule has 37 heavy (non-hydrogen) atoms. The minimum absolute atomic E-state index is 0.0364. The summed E-state index contributed by atoms with van der Waals surface area (Å²) < 4.78 is 11.4. The number of esters is 2. The predicted octanol–water partition coefficient (Wildman–Crippen LogP) is 3.97. The number of nitrogens with zero attached hydrogens (tertiary/aromatic N) is 4. The van der Waals surface area contributed by atoms with Crippen LogP contribution in [0.25, 0.3) is 16.9 Å². The molecule has 1 aliphatic heterocycles. The Hall–Kier alpha value is -3.85. The second-order valence-electron chi connectivity index (χ2n) is 8.49. The van der Waals surface area contributed by atoms with Crippen LogP contribution >= 0.6 is 11.6 Å². The number of rotatable bonds is 8. The first-order chi connectivity index (χ1) is 17.9. The first kappa shape index (κ1) is 26.2. The van der Waals surface area contributed by atoms with E-state index in [4.69, 9.17) is 16.3 Å². The number of methoxy groups -OCH3 is 1. The average Bonchev–Trinajstić information content (AvgIpc) is 3.37. The van der Waals surface area contributed by atoms with Gasteiger partial charge in [-0.15, -0.1) is 0 Å². The monoisotopic (exact) mass is 524 g/mol. The molecule has 9 nitrogen and oxygen atoms in total. The molecule has 1 saturated heterocycles. The number of carbonyl (C=O) groups is 3. The molecule has 3 aromatic rings. The predicted molar refractivity (Wildman–Crippen MR) is 140 cm³/mol. The summed E-state index contributed by atoms with van der Waals surface area (Å²) in [5.41, 5.74) is 3.47. The number of hydrogen-bond acceptors (Lipinski definition) is 7. The number of hydrogen-bond donors (Lipinski definition) is 0. The third-order valence-corrected chi connectivity index (χ3v) is 6.53. The first-order valence-corrected chi connectivity index (χ1v) is 12.5. The highest BCUT2D eigenvalue weighted by Crippen LogP contribution is 2.30. The van der Waals surface area contributed by atoms with Gasteiger partial charge in [0.2, 0.25) is 5.91 Å². The highest BCUT2D eigenvalue weighted by Gasteiger charge is 2.23. The molecule has 0 spiro atoms. The number of ether oxygens (including phenoxy) is 2. The van der Waals surface area contributed by atoms with Crippen LogP contribution in [0.15, 0.2) is 54.6 Å². The van der Waals surface area contributed by atoms with E-state index in [9.17, 15) is 14.4 Å². The molecule has 194 valence electrons. The van der Waals surface area contributed by atoms with Gasteiger partial charge in [0.1, 0.15) is 0 Å². The normalized spacial score (nSPS) is 13.4. The quantitative estimate of drug-likeness (QED) is 0.411. The van der Waals surface area contributed by atoms with Crippen molar-refractivity contribution in [3.05, 3.63) is 65.3 Å². The lowest BCUT2D eigenvalue weighted by Gasteiger charge is -2.36. The lowest BCUT2D eigenvalue weighted by molar-refractivity contribution is -0.143. The van der Waals surface area contributed by atoms with E-state index in [-0.39, 0.29) is 37.0 Å². The molecule has 0 unspecified atom stereocenters. The van der Waals surface area contributed by atoms with Crippen molar-refractivity contribution in [3.63, 3.8) is 0 Å². The van der Waals surface area contributed by atoms with Crippen molar-refractivity contribution in [1.29, 1.82) is 0 Å². The fourth-order valence-corrected chi connectivity index (χ4v) is 4.44. The van der Waals surface area contributed by atoms with Crippen molar-refractivity contribution < 1.29 is 23.9 Å². The Morgan fingerprint density at radius 1 is 0.973 bits per heavy atom. The van der Waals surface area contributed by atoms with Gasteiger partial charge in [0.15, 0.2) is 5.69 Å². The van der Waals surface area contributed by atoms with Gasteiger partial charge in [-0.2, -0.15) is 5.10 Å². The summed E-state index contributed by atoms with van der Waals surface area (Å²) in [6.45, 7) is 4.56. The zero-order chi connectivity index (χ0) is 26.4. The second-order valence-corrected chi connectivity index (χ2v) is 8.90. The zero-order valence-corrected chi connectivity index (χ0v) is 21.6. The number of anilines is 1. The number of carbonyl (C=O) groups excluding carboxylic acids is 3. The zero-order valence-electron chi connectivity index (χ0n) is 20.9. The summed E-state index contributed by atoms with van der Waals surface area (Å²) in [6.07, 6.45) is 0.258. The van der Waals surface area contributed by atoms with Gasteiger partial charge in [0.05, 0.1) is 36.5 Å². The van der Waals surface area contributed by atoms with Crippen LogP contribution in [0, 0.1) is 0 Å². The lowest BCUT2D eigenvalue weighted by Crippen LogP contribution is -2.48. The number of benzene rings is 2. The fraction of sp³-hybridized carbons (Fsp3) is 0.333. The van der Waals surface area contributed by atoms with E-state index in [0.717, 1.165) is 11.3 Å². The molecule has 1 aliphatic rings. The first-order valence-electron chi connectivity index (χ1n) is 12.1. The fourth-order valence-electron chi connectivity index (χ4n) is 4.22. The van der Waals surface area contributed by atoms with E-state index >= 15 is 0 Å². The van der Waals surface area contributed by atoms with Gasteiger partial charge in [-0.25, -0.2) is 9.48 Å². The molecule has 1 aromatic heterocycles. The van der Waals surface area contributed by atoms with Crippen LogP contribution in [0.1, 0.15) is 30.3 Å². The molecule has 0 N–H and O–H groups in total. The topological polar surface area (TPSA) is 94.0 Å². The Morgan fingerprint density at radius 3 is 2.32 bits per heavy atom. The number of piperazine rings is 1. The maximum absolute atomic E-state index is 12.4. The number of halogens is 1. The second kappa shape index (κ2) is 11.9. The summed E-state index contributed by atoms with van der Waals surface area (Å²) in [5, 5.41) is 5.00. The van der Waals surface area contributed by atoms with E-state index in [1.54, 1.807) is 28.6 Å². The van der Waals surface area contributed by atoms with E-state index < -0.39 is 5.97 Å². The SMILES string of the molecule is CCOC(=O)c1cc(-c2ccc(N3CCN(C(=O)CCC(=O)OC)CC3)cc2)n(-c2ccccc2Cl)n1. The van der Waals surface area contributed by atoms with Crippen molar-refractivity contribution >= 4 is 35.1 Å². The van der Waals surface area contributed by atoms with Crippen LogP contribution in [-0.2, 0) is 19.1 Å². The van der Waals surface area contributed by atoms with Gasteiger partial charge in [0.25, 0.3) is 0 Å². The highest BCUT2D eigenvalue weighted by molar-refractivity contribution is 6.32. The van der Waals surface area contributed by atoms with Crippen molar-refractivity contribution in [1.82, 2.24) is 14.7 Å². The van der Waals surface area contributed by atoms with E-state index in [1.807, 2.05) is 42.5 Å². The minimum atomic E-state index is -0.495. The van der Waals surface area contributed by atoms with Crippen molar-refractivity contribution in [2.45, 2.75) is 19.8 Å². The molecule has 4 rings (SSSR count). The van der Waals surface area contributed by atoms with Crippen LogP contribution < -0.4 is 4.90 Å². The Balaban J connectivity index is 1.50. The summed E-state index contributed by atoms with van der Waals surface area (Å²) in [7, 11) is 1.32. The van der Waals surface area contributed by atoms with Crippen LogP contribution in [-0.4, -0.2) is 72.4 Å². The van der Waals surface area contributed by atoms with E-state index in [2.05, 4.69) is 14.7 Å². The van der Waals surface area contributed by atoms with E-state index in [0.29, 0.717) is 42.6 Å². The third kappa shape index (κ3) is 6.11. The average molecular weight is 525 g/mol. The van der Waals surface area contributed by atoms with Gasteiger partial charge in [0, 0.05) is 43.9 Å². The Kier molecular flexibility index (Phi) is 8.45. The van der Waals surface area contributed by atoms with Crippen LogP contribution in [0.2, 0.25) is 5.02 Å². The summed E-state index contributed by atoms with van der Waals surface area (Å²) in [6, 6.07) is 17.0. The minimum Gasteiger partial charge on any atom is -0.469 e. The molecule has 1 amide bonds. The number of para-hydroxylation sites is 1. The maximum Gasteiger partial charge on any atom is 0.358 e. The molecule has 0 atom stereocenters. The molecule has 2 heterocycles. The van der Waals surface area contributed by atoms with E-state index in [1.165, 1.54) is 7.11 Å². The van der Waals surface area contributed by atoms with Crippen molar-refractivity contribution in [2.24, 2.45) is 0 Å². The molecule has 0 radical (unpaired) electrons. The van der Waals surface area contributed by atoms with Crippen molar-refractivity contribution in [2.75, 3.05) is 44.8 Å². The Morgan fingerprint density at radius 2 is 1.68 bits per heavy atom. The van der Waals surface area contributed by atoms with Gasteiger partial charge in [-0.1, -0.05) is 35.9 Å². The summed E-state index contributed by atoms with van der Waals surface area (Å²) in [4.78, 5) is 40.1. The van der Waals surface area contributed by atoms with Gasteiger partial charge in [-0.3, -0.25) is 9.59 Å². The van der Waals surface area contributed by atoms with Crippen molar-refractivity contribution in [3.8, 4) is 16.9 Å². The summed E-state index contributed by atoms with van der Waals surface area (Å²) >= 11 is 6.44.